The third-order valence-electron chi connectivity index (χ3n) is 1.97. The van der Waals surface area contributed by atoms with Gasteiger partial charge in [0.25, 0.3) is 0 Å². The Balaban J connectivity index is 4.08. The molecule has 0 heterocycles. The molecule has 0 aliphatic carbocycles. The molecule has 0 bridgehead atoms. The van der Waals surface area contributed by atoms with Gasteiger partial charge < -0.3 is 4.74 Å². The van der Waals surface area contributed by atoms with Crippen LogP contribution >= 0.6 is 0 Å². The van der Waals surface area contributed by atoms with Crippen molar-refractivity contribution >= 4 is 5.97 Å². The summed E-state index contributed by atoms with van der Waals surface area (Å²) in [5, 5.41) is 0. The van der Waals surface area contributed by atoms with Crippen molar-refractivity contribution < 1.29 is 9.53 Å². The van der Waals surface area contributed by atoms with Crippen molar-refractivity contribution in [1.82, 2.24) is 0 Å². The number of hydrogen-bond acceptors (Lipinski definition) is 2. The van der Waals surface area contributed by atoms with Gasteiger partial charge in [-0.05, 0) is 5.41 Å². The highest BCUT2D eigenvalue weighted by molar-refractivity contribution is 5.81. The van der Waals surface area contributed by atoms with Crippen LogP contribution in [0.3, 0.4) is 0 Å². The van der Waals surface area contributed by atoms with Crippen LogP contribution in [0.25, 0.3) is 0 Å². The normalized spacial score (nSPS) is 13.2. The highest BCUT2D eigenvalue weighted by Crippen LogP contribution is 2.26. The van der Waals surface area contributed by atoms with Crippen LogP contribution in [-0.4, -0.2) is 12.6 Å². The zero-order valence-electron chi connectivity index (χ0n) is 8.67. The van der Waals surface area contributed by atoms with Crippen LogP contribution in [0.5, 0.6) is 0 Å². The monoisotopic (exact) mass is 182 g/mol. The van der Waals surface area contributed by atoms with Gasteiger partial charge in [0.05, 0.1) is 6.61 Å². The van der Waals surface area contributed by atoms with E-state index in [-0.39, 0.29) is 17.3 Å². The molecule has 0 saturated heterocycles. The number of hydrogen-bond donors (Lipinski definition) is 0. The van der Waals surface area contributed by atoms with Gasteiger partial charge in [-0.15, -0.1) is 6.58 Å². The Morgan fingerprint density at radius 2 is 2.00 bits per heavy atom. The second-order valence-corrected chi connectivity index (χ2v) is 4.04. The lowest BCUT2D eigenvalue weighted by Crippen LogP contribution is -2.24. The predicted octanol–water partition coefficient (Wildman–Crippen LogP) is 2.56. The fourth-order valence-electron chi connectivity index (χ4n) is 0.902. The van der Waals surface area contributed by atoms with E-state index in [1.165, 1.54) is 6.08 Å². The van der Waals surface area contributed by atoms with Crippen LogP contribution < -0.4 is 0 Å². The molecule has 0 aromatic rings. The van der Waals surface area contributed by atoms with Crippen LogP contribution in [0, 0.1) is 11.3 Å². The predicted molar refractivity (Wildman–Crippen MR) is 54.3 cm³/mol. The van der Waals surface area contributed by atoms with Crippen molar-refractivity contribution in [2.45, 2.75) is 20.8 Å². The minimum atomic E-state index is -0.379. The first-order valence-corrected chi connectivity index (χ1v) is 4.33. The minimum Gasteiger partial charge on any atom is -0.462 e. The summed E-state index contributed by atoms with van der Waals surface area (Å²) in [4.78, 5) is 10.8. The number of esters is 1. The SMILES string of the molecule is C=CC(=O)OC[C@H](C=C)C(C)(C)C. The Hall–Kier alpha value is -1.05. The summed E-state index contributed by atoms with van der Waals surface area (Å²) in [7, 11) is 0. The molecule has 0 aliphatic heterocycles. The number of carbonyl (C=O) groups is 1. The summed E-state index contributed by atoms with van der Waals surface area (Å²) >= 11 is 0. The van der Waals surface area contributed by atoms with Crippen LogP contribution in [-0.2, 0) is 9.53 Å². The number of ether oxygens (including phenoxy) is 1. The summed E-state index contributed by atoms with van der Waals surface area (Å²) in [6, 6.07) is 0. The zero-order chi connectivity index (χ0) is 10.5. The van der Waals surface area contributed by atoms with Gasteiger partial charge in [0.2, 0.25) is 0 Å². The van der Waals surface area contributed by atoms with E-state index in [4.69, 9.17) is 4.74 Å². The molecule has 0 amide bonds. The Kier molecular flexibility index (Phi) is 4.46. The maximum Gasteiger partial charge on any atom is 0.330 e. The number of rotatable bonds is 4. The fraction of sp³-hybridized carbons (Fsp3) is 0.545. The standard InChI is InChI=1S/C11H18O2/c1-6-9(11(3,4)5)8-13-10(12)7-2/h6-7,9H,1-2,8H2,3-5H3/t9-/m0/s1. The average Bonchev–Trinajstić information content (AvgIpc) is 2.02. The molecule has 0 spiro atoms. The molecule has 1 atom stereocenters. The van der Waals surface area contributed by atoms with Crippen LogP contribution in [0.4, 0.5) is 0 Å². The van der Waals surface area contributed by atoms with Crippen LogP contribution in [0.1, 0.15) is 20.8 Å². The Labute approximate surface area is 80.3 Å². The molecule has 0 fully saturated rings. The third kappa shape index (κ3) is 4.51. The first-order valence-electron chi connectivity index (χ1n) is 4.33. The summed E-state index contributed by atoms with van der Waals surface area (Å²) < 4.78 is 4.94. The van der Waals surface area contributed by atoms with E-state index < -0.39 is 0 Å². The maximum absolute atomic E-state index is 10.8. The van der Waals surface area contributed by atoms with Gasteiger partial charge in [-0.1, -0.05) is 33.4 Å². The topological polar surface area (TPSA) is 26.3 Å². The fourth-order valence-corrected chi connectivity index (χ4v) is 0.902. The van der Waals surface area contributed by atoms with E-state index in [0.717, 1.165) is 0 Å². The van der Waals surface area contributed by atoms with E-state index in [2.05, 4.69) is 33.9 Å². The Bertz CT molecular complexity index is 199. The summed E-state index contributed by atoms with van der Waals surface area (Å²) in [5.41, 5.74) is 0.0726. The lowest BCUT2D eigenvalue weighted by atomic mass is 9.81. The summed E-state index contributed by atoms with van der Waals surface area (Å²) in [6.45, 7) is 13.7. The Morgan fingerprint density at radius 3 is 2.31 bits per heavy atom. The van der Waals surface area contributed by atoms with Crippen molar-refractivity contribution in [2.24, 2.45) is 11.3 Å². The van der Waals surface area contributed by atoms with Gasteiger partial charge in [0.1, 0.15) is 0 Å². The molecular weight excluding hydrogens is 164 g/mol. The summed E-state index contributed by atoms with van der Waals surface area (Å²) in [6.07, 6.45) is 2.99. The largest absolute Gasteiger partial charge is 0.462 e. The molecule has 2 nitrogen and oxygen atoms in total. The van der Waals surface area contributed by atoms with Crippen molar-refractivity contribution in [3.63, 3.8) is 0 Å². The quantitative estimate of drug-likeness (QED) is 0.379. The lowest BCUT2D eigenvalue weighted by Gasteiger charge is -2.27. The van der Waals surface area contributed by atoms with E-state index in [1.807, 2.05) is 6.08 Å². The molecule has 74 valence electrons. The van der Waals surface area contributed by atoms with E-state index in [1.54, 1.807) is 0 Å². The van der Waals surface area contributed by atoms with Crippen LogP contribution in [0.15, 0.2) is 25.3 Å². The first-order chi connectivity index (χ1) is 5.91. The van der Waals surface area contributed by atoms with Gasteiger partial charge in [0.15, 0.2) is 0 Å². The van der Waals surface area contributed by atoms with Crippen molar-refractivity contribution in [1.29, 1.82) is 0 Å². The molecule has 0 radical (unpaired) electrons. The van der Waals surface area contributed by atoms with Gasteiger partial charge in [-0.3, -0.25) is 0 Å². The summed E-state index contributed by atoms with van der Waals surface area (Å²) in [5.74, 6) is -0.201. The first kappa shape index (κ1) is 11.9. The van der Waals surface area contributed by atoms with Gasteiger partial charge in [0, 0.05) is 12.0 Å². The van der Waals surface area contributed by atoms with Crippen molar-refractivity contribution in [2.75, 3.05) is 6.61 Å². The molecule has 2 heteroatoms. The molecule has 0 aromatic heterocycles. The lowest BCUT2D eigenvalue weighted by molar-refractivity contribution is -0.139. The molecule has 0 aliphatic rings. The third-order valence-corrected chi connectivity index (χ3v) is 1.97. The minimum absolute atomic E-state index is 0.0726. The molecule has 0 saturated carbocycles. The molecular formula is C11H18O2. The maximum atomic E-state index is 10.8. The van der Waals surface area contributed by atoms with Crippen molar-refractivity contribution in [3.8, 4) is 0 Å². The van der Waals surface area contributed by atoms with E-state index in [9.17, 15) is 4.79 Å². The number of carbonyl (C=O) groups excluding carboxylic acids is 1. The molecule has 13 heavy (non-hydrogen) atoms. The second-order valence-electron chi connectivity index (χ2n) is 4.04. The van der Waals surface area contributed by atoms with Gasteiger partial charge in [-0.2, -0.15) is 0 Å². The second kappa shape index (κ2) is 4.85. The van der Waals surface area contributed by atoms with E-state index in [0.29, 0.717) is 6.61 Å². The highest BCUT2D eigenvalue weighted by Gasteiger charge is 2.22. The van der Waals surface area contributed by atoms with Crippen LogP contribution in [0.2, 0.25) is 0 Å². The molecule has 0 N–H and O–H groups in total. The van der Waals surface area contributed by atoms with E-state index >= 15 is 0 Å². The molecule has 0 unspecified atom stereocenters. The molecule has 0 rings (SSSR count). The zero-order valence-corrected chi connectivity index (χ0v) is 8.67. The highest BCUT2D eigenvalue weighted by atomic mass is 16.5. The Morgan fingerprint density at radius 1 is 1.46 bits per heavy atom. The molecule has 0 aromatic carbocycles. The average molecular weight is 182 g/mol. The smallest absolute Gasteiger partial charge is 0.330 e. The van der Waals surface area contributed by atoms with Crippen molar-refractivity contribution in [3.05, 3.63) is 25.3 Å². The van der Waals surface area contributed by atoms with Gasteiger partial charge in [-0.25, -0.2) is 4.79 Å². The van der Waals surface area contributed by atoms with Gasteiger partial charge >= 0.3 is 5.97 Å².